The maximum Gasteiger partial charge on any atom is 0.119 e. The molecule has 0 saturated heterocycles. The van der Waals surface area contributed by atoms with Crippen LogP contribution in [0.3, 0.4) is 0 Å². The van der Waals surface area contributed by atoms with Crippen molar-refractivity contribution in [2.24, 2.45) is 0 Å². The van der Waals surface area contributed by atoms with Crippen molar-refractivity contribution in [3.63, 3.8) is 0 Å². The number of aryl methyl sites for hydroxylation is 3. The molecule has 0 spiro atoms. The largest absolute Gasteiger partial charge is 0.494 e. The Labute approximate surface area is 173 Å². The Kier molecular flexibility index (Phi) is 5.95. The van der Waals surface area contributed by atoms with E-state index in [4.69, 9.17) is 9.72 Å². The lowest BCUT2D eigenvalue weighted by Crippen LogP contribution is -2.07. The van der Waals surface area contributed by atoms with Gasteiger partial charge in [-0.15, -0.1) is 0 Å². The number of benzene rings is 3. The number of imidazole rings is 1. The van der Waals surface area contributed by atoms with Gasteiger partial charge in [0, 0.05) is 13.0 Å². The summed E-state index contributed by atoms with van der Waals surface area (Å²) in [7, 11) is 0. The van der Waals surface area contributed by atoms with Crippen molar-refractivity contribution in [1.29, 1.82) is 0 Å². The Hall–Kier alpha value is -3.07. The van der Waals surface area contributed by atoms with Crippen molar-refractivity contribution < 1.29 is 4.74 Å². The molecule has 0 unspecified atom stereocenters. The Morgan fingerprint density at radius 1 is 0.862 bits per heavy atom. The molecule has 3 nitrogen and oxygen atoms in total. The summed E-state index contributed by atoms with van der Waals surface area (Å²) < 4.78 is 8.29. The lowest BCUT2D eigenvalue weighted by atomic mass is 10.1. The molecule has 4 aromatic rings. The minimum Gasteiger partial charge on any atom is -0.494 e. The van der Waals surface area contributed by atoms with Crippen LogP contribution in [0.2, 0.25) is 0 Å². The van der Waals surface area contributed by atoms with Crippen LogP contribution in [0, 0.1) is 13.8 Å². The topological polar surface area (TPSA) is 27.1 Å². The third-order valence-corrected chi connectivity index (χ3v) is 5.38. The smallest absolute Gasteiger partial charge is 0.119 e. The van der Waals surface area contributed by atoms with Crippen LogP contribution in [0.5, 0.6) is 5.75 Å². The first-order valence-electron chi connectivity index (χ1n) is 10.4. The lowest BCUT2D eigenvalue weighted by Gasteiger charge is -2.11. The molecule has 0 N–H and O–H groups in total. The quantitative estimate of drug-likeness (QED) is 0.343. The third kappa shape index (κ3) is 4.68. The number of para-hydroxylation sites is 2. The van der Waals surface area contributed by atoms with Gasteiger partial charge < -0.3 is 9.30 Å². The molecule has 0 aliphatic carbocycles. The molecule has 0 radical (unpaired) electrons. The Bertz CT molecular complexity index is 1100. The second kappa shape index (κ2) is 8.95. The van der Waals surface area contributed by atoms with E-state index in [1.54, 1.807) is 0 Å². The summed E-state index contributed by atoms with van der Waals surface area (Å²) in [5.41, 5.74) is 6.18. The molecule has 1 aromatic heterocycles. The average molecular weight is 385 g/mol. The van der Waals surface area contributed by atoms with E-state index in [1.807, 2.05) is 12.1 Å². The zero-order valence-electron chi connectivity index (χ0n) is 17.3. The Morgan fingerprint density at radius 3 is 2.55 bits per heavy atom. The molecule has 4 rings (SSSR count). The Morgan fingerprint density at radius 2 is 1.69 bits per heavy atom. The second-order valence-electron chi connectivity index (χ2n) is 7.64. The van der Waals surface area contributed by atoms with Crippen molar-refractivity contribution in [3.8, 4) is 5.75 Å². The van der Waals surface area contributed by atoms with Gasteiger partial charge in [0.15, 0.2) is 0 Å². The van der Waals surface area contributed by atoms with Crippen LogP contribution in [0.1, 0.15) is 35.4 Å². The number of unbranched alkanes of at least 4 members (excludes halogenated alkanes) is 1. The van der Waals surface area contributed by atoms with Crippen molar-refractivity contribution in [2.75, 3.05) is 6.61 Å². The molecule has 0 atom stereocenters. The summed E-state index contributed by atoms with van der Waals surface area (Å²) in [6.45, 7) is 5.96. The lowest BCUT2D eigenvalue weighted by molar-refractivity contribution is 0.303. The molecular formula is C26H28N2O. The van der Waals surface area contributed by atoms with E-state index in [0.29, 0.717) is 0 Å². The van der Waals surface area contributed by atoms with Crippen molar-refractivity contribution >= 4 is 11.0 Å². The number of fused-ring (bicyclic) bond motifs is 1. The van der Waals surface area contributed by atoms with E-state index in [2.05, 4.69) is 79.1 Å². The van der Waals surface area contributed by atoms with Gasteiger partial charge in [0.05, 0.1) is 17.6 Å². The maximum absolute atomic E-state index is 5.91. The first-order valence-corrected chi connectivity index (χ1v) is 10.4. The minimum atomic E-state index is 0.739. The first kappa shape index (κ1) is 19.3. The highest BCUT2D eigenvalue weighted by Gasteiger charge is 2.11. The van der Waals surface area contributed by atoms with E-state index in [0.717, 1.165) is 49.5 Å². The van der Waals surface area contributed by atoms with Gasteiger partial charge in [-0.25, -0.2) is 4.98 Å². The average Bonchev–Trinajstić information content (AvgIpc) is 3.07. The fraction of sp³-hybridized carbons (Fsp3) is 0.269. The molecule has 1 heterocycles. The van der Waals surface area contributed by atoms with Gasteiger partial charge in [0.1, 0.15) is 11.6 Å². The molecule has 0 aliphatic heterocycles. The second-order valence-corrected chi connectivity index (χ2v) is 7.64. The van der Waals surface area contributed by atoms with Crippen molar-refractivity contribution in [2.45, 2.75) is 39.7 Å². The number of hydrogen-bond acceptors (Lipinski definition) is 2. The van der Waals surface area contributed by atoms with Crippen LogP contribution in [0.25, 0.3) is 11.0 Å². The minimum absolute atomic E-state index is 0.739. The molecule has 29 heavy (non-hydrogen) atoms. The van der Waals surface area contributed by atoms with E-state index < -0.39 is 0 Å². The van der Waals surface area contributed by atoms with Gasteiger partial charge in [0.25, 0.3) is 0 Å². The van der Waals surface area contributed by atoms with Crippen LogP contribution in [0.15, 0.2) is 72.8 Å². The number of ether oxygens (including phenoxy) is 1. The molecule has 3 heteroatoms. The number of nitrogens with zero attached hydrogens (tertiary/aromatic N) is 2. The summed E-state index contributed by atoms with van der Waals surface area (Å²) in [6, 6.07) is 25.3. The first-order chi connectivity index (χ1) is 14.2. The molecular weight excluding hydrogens is 356 g/mol. The summed E-state index contributed by atoms with van der Waals surface area (Å²) in [6.07, 6.45) is 2.94. The number of hydrogen-bond donors (Lipinski definition) is 0. The number of rotatable bonds is 8. The summed E-state index contributed by atoms with van der Waals surface area (Å²) in [5.74, 6) is 2.10. The van der Waals surface area contributed by atoms with Crippen molar-refractivity contribution in [1.82, 2.24) is 9.55 Å². The summed E-state index contributed by atoms with van der Waals surface area (Å²) in [4.78, 5) is 4.94. The van der Waals surface area contributed by atoms with Gasteiger partial charge in [-0.2, -0.15) is 0 Å². The Balaban J connectivity index is 1.44. The van der Waals surface area contributed by atoms with Crippen LogP contribution < -0.4 is 4.74 Å². The van der Waals surface area contributed by atoms with Gasteiger partial charge in [-0.1, -0.05) is 48.5 Å². The molecule has 0 aliphatic rings. The van der Waals surface area contributed by atoms with Gasteiger partial charge >= 0.3 is 0 Å². The normalized spacial score (nSPS) is 11.1. The highest BCUT2D eigenvalue weighted by Crippen LogP contribution is 2.21. The molecule has 0 saturated carbocycles. The fourth-order valence-corrected chi connectivity index (χ4v) is 3.76. The van der Waals surface area contributed by atoms with Crippen LogP contribution >= 0.6 is 0 Å². The highest BCUT2D eigenvalue weighted by molar-refractivity contribution is 5.76. The third-order valence-electron chi connectivity index (χ3n) is 5.38. The standard InChI is InChI=1S/C26H28N2O/c1-20-10-9-13-23(18-20)29-17-8-7-16-28-25-15-6-5-14-24(25)27-26(28)19-22-12-4-3-11-21(22)2/h3-6,9-15,18H,7-8,16-17,19H2,1-2H3. The van der Waals surface area contributed by atoms with E-state index in [-0.39, 0.29) is 0 Å². The summed E-state index contributed by atoms with van der Waals surface area (Å²) in [5, 5.41) is 0. The van der Waals surface area contributed by atoms with Crippen LogP contribution in [-0.4, -0.2) is 16.2 Å². The molecule has 0 amide bonds. The maximum atomic E-state index is 5.91. The van der Waals surface area contributed by atoms with Gasteiger partial charge in [-0.05, 0) is 67.6 Å². The number of aromatic nitrogens is 2. The zero-order chi connectivity index (χ0) is 20.1. The highest BCUT2D eigenvalue weighted by atomic mass is 16.5. The monoisotopic (exact) mass is 384 g/mol. The molecule has 0 bridgehead atoms. The van der Waals surface area contributed by atoms with Gasteiger partial charge in [-0.3, -0.25) is 0 Å². The van der Waals surface area contributed by atoms with Gasteiger partial charge in [0.2, 0.25) is 0 Å². The zero-order valence-corrected chi connectivity index (χ0v) is 17.3. The summed E-state index contributed by atoms with van der Waals surface area (Å²) >= 11 is 0. The SMILES string of the molecule is Cc1cccc(OCCCCn2c(Cc3ccccc3C)nc3ccccc32)c1. The molecule has 0 fully saturated rings. The van der Waals surface area contributed by atoms with Crippen LogP contribution in [-0.2, 0) is 13.0 Å². The predicted molar refractivity (Wildman–Crippen MR) is 120 cm³/mol. The van der Waals surface area contributed by atoms with Crippen LogP contribution in [0.4, 0.5) is 0 Å². The molecule has 148 valence electrons. The fourth-order valence-electron chi connectivity index (χ4n) is 3.76. The molecule has 3 aromatic carbocycles. The van der Waals surface area contributed by atoms with E-state index >= 15 is 0 Å². The van der Waals surface area contributed by atoms with Crippen molar-refractivity contribution in [3.05, 3.63) is 95.3 Å². The van der Waals surface area contributed by atoms with E-state index in [9.17, 15) is 0 Å². The van der Waals surface area contributed by atoms with E-state index in [1.165, 1.54) is 22.2 Å². The predicted octanol–water partition coefficient (Wildman–Crippen LogP) is 6.10.